The lowest BCUT2D eigenvalue weighted by molar-refractivity contribution is 0.0724. The van der Waals surface area contributed by atoms with Crippen LogP contribution >= 0.6 is 36.2 Å². The van der Waals surface area contributed by atoms with Gasteiger partial charge in [-0.3, -0.25) is 4.79 Å². The van der Waals surface area contributed by atoms with Crippen molar-refractivity contribution < 1.29 is 4.79 Å². The molecule has 1 amide bonds. The van der Waals surface area contributed by atoms with Crippen LogP contribution in [0.5, 0.6) is 0 Å². The molecule has 6 nitrogen and oxygen atoms in total. The Morgan fingerprint density at radius 2 is 2.07 bits per heavy atom. The Morgan fingerprint density at radius 1 is 1.32 bits per heavy atom. The zero-order valence-corrected chi connectivity index (χ0v) is 18.6. The topological polar surface area (TPSA) is 75.3 Å². The summed E-state index contributed by atoms with van der Waals surface area (Å²) in [5, 5.41) is 2.80. The van der Waals surface area contributed by atoms with E-state index < -0.39 is 0 Å². The van der Waals surface area contributed by atoms with Gasteiger partial charge in [0.15, 0.2) is 0 Å². The summed E-state index contributed by atoms with van der Waals surface area (Å²) in [6, 6.07) is 6.03. The number of thiazole rings is 1. The van der Waals surface area contributed by atoms with E-state index in [1.165, 1.54) is 11.3 Å². The molecule has 3 heterocycles. The van der Waals surface area contributed by atoms with Crippen LogP contribution in [-0.4, -0.2) is 53.5 Å². The SMILES string of the molecule is CCN(CC1CCN(c2ccccn2)CC1)C(=O)c1csc(CCN)n1.Cl.Cl. The molecule has 0 atom stereocenters. The van der Waals surface area contributed by atoms with Crippen LogP contribution in [0.15, 0.2) is 29.8 Å². The predicted octanol–water partition coefficient (Wildman–Crippen LogP) is 3.26. The minimum atomic E-state index is 0. The molecule has 0 saturated carbocycles. The highest BCUT2D eigenvalue weighted by molar-refractivity contribution is 7.09. The molecule has 2 N–H and O–H groups in total. The lowest BCUT2D eigenvalue weighted by Gasteiger charge is -2.35. The number of anilines is 1. The van der Waals surface area contributed by atoms with Crippen molar-refractivity contribution in [1.82, 2.24) is 14.9 Å². The summed E-state index contributed by atoms with van der Waals surface area (Å²) in [5.74, 6) is 1.62. The molecule has 9 heteroatoms. The average molecular weight is 446 g/mol. The molecule has 0 unspecified atom stereocenters. The lowest BCUT2D eigenvalue weighted by atomic mass is 9.96. The van der Waals surface area contributed by atoms with Crippen molar-refractivity contribution in [3.63, 3.8) is 0 Å². The van der Waals surface area contributed by atoms with Crippen molar-refractivity contribution in [3.8, 4) is 0 Å². The number of nitrogens with zero attached hydrogens (tertiary/aromatic N) is 4. The van der Waals surface area contributed by atoms with E-state index in [2.05, 4.69) is 20.9 Å². The first-order valence-electron chi connectivity index (χ1n) is 9.31. The van der Waals surface area contributed by atoms with Gasteiger partial charge in [-0.2, -0.15) is 0 Å². The van der Waals surface area contributed by atoms with Gasteiger partial charge >= 0.3 is 0 Å². The van der Waals surface area contributed by atoms with Gasteiger partial charge in [-0.15, -0.1) is 36.2 Å². The molecule has 0 spiro atoms. The monoisotopic (exact) mass is 445 g/mol. The molecule has 28 heavy (non-hydrogen) atoms. The zero-order chi connectivity index (χ0) is 18.4. The largest absolute Gasteiger partial charge is 0.357 e. The molecule has 3 rings (SSSR count). The summed E-state index contributed by atoms with van der Waals surface area (Å²) in [6.45, 7) is 6.09. The highest BCUT2D eigenvalue weighted by Gasteiger charge is 2.25. The molecule has 1 aliphatic rings. The smallest absolute Gasteiger partial charge is 0.273 e. The quantitative estimate of drug-likeness (QED) is 0.707. The summed E-state index contributed by atoms with van der Waals surface area (Å²) in [6.07, 6.45) is 4.73. The van der Waals surface area contributed by atoms with Gasteiger partial charge < -0.3 is 15.5 Å². The summed E-state index contributed by atoms with van der Waals surface area (Å²) < 4.78 is 0. The van der Waals surface area contributed by atoms with Gasteiger partial charge in [-0.1, -0.05) is 6.07 Å². The maximum atomic E-state index is 12.8. The van der Waals surface area contributed by atoms with E-state index in [-0.39, 0.29) is 30.7 Å². The van der Waals surface area contributed by atoms with Gasteiger partial charge in [0.25, 0.3) is 5.91 Å². The van der Waals surface area contributed by atoms with E-state index >= 15 is 0 Å². The number of nitrogens with two attached hydrogens (primary N) is 1. The fourth-order valence-corrected chi connectivity index (χ4v) is 4.15. The summed E-state index contributed by atoms with van der Waals surface area (Å²) >= 11 is 1.52. The molecule has 1 saturated heterocycles. The average Bonchev–Trinajstić information content (AvgIpc) is 3.16. The molecule has 0 aliphatic carbocycles. The Labute approximate surface area is 183 Å². The van der Waals surface area contributed by atoms with Crippen LogP contribution in [0, 0.1) is 5.92 Å². The molecular weight excluding hydrogens is 417 g/mol. The van der Waals surface area contributed by atoms with Crippen LogP contribution in [0.3, 0.4) is 0 Å². The number of piperidine rings is 1. The number of amides is 1. The van der Waals surface area contributed by atoms with Crippen molar-refractivity contribution in [1.29, 1.82) is 0 Å². The molecular formula is C19H29Cl2N5OS. The first-order valence-corrected chi connectivity index (χ1v) is 10.2. The van der Waals surface area contributed by atoms with E-state index in [9.17, 15) is 4.79 Å². The van der Waals surface area contributed by atoms with Gasteiger partial charge in [-0.25, -0.2) is 9.97 Å². The van der Waals surface area contributed by atoms with E-state index in [0.717, 1.165) is 49.7 Å². The van der Waals surface area contributed by atoms with Crippen LogP contribution in [0.1, 0.15) is 35.3 Å². The van der Waals surface area contributed by atoms with Gasteiger partial charge in [0.1, 0.15) is 11.5 Å². The second-order valence-electron chi connectivity index (χ2n) is 6.63. The van der Waals surface area contributed by atoms with Crippen LogP contribution in [0.2, 0.25) is 0 Å². The first-order chi connectivity index (χ1) is 12.7. The highest BCUT2D eigenvalue weighted by Crippen LogP contribution is 2.23. The minimum absolute atomic E-state index is 0. The zero-order valence-electron chi connectivity index (χ0n) is 16.1. The van der Waals surface area contributed by atoms with Crippen molar-refractivity contribution in [2.24, 2.45) is 11.7 Å². The fourth-order valence-electron chi connectivity index (χ4n) is 3.36. The van der Waals surface area contributed by atoms with Gasteiger partial charge in [0, 0.05) is 44.2 Å². The maximum Gasteiger partial charge on any atom is 0.273 e. The Morgan fingerprint density at radius 3 is 2.68 bits per heavy atom. The number of rotatable bonds is 7. The number of pyridine rings is 1. The van der Waals surface area contributed by atoms with Gasteiger partial charge in [0.2, 0.25) is 0 Å². The third-order valence-electron chi connectivity index (χ3n) is 4.86. The molecule has 0 aromatic carbocycles. The summed E-state index contributed by atoms with van der Waals surface area (Å²) in [7, 11) is 0. The molecule has 2 aromatic rings. The predicted molar refractivity (Wildman–Crippen MR) is 120 cm³/mol. The molecule has 0 bridgehead atoms. The number of carbonyl (C=O) groups is 1. The number of carbonyl (C=O) groups excluding carboxylic acids is 1. The molecule has 156 valence electrons. The second kappa shape index (κ2) is 12.2. The van der Waals surface area contributed by atoms with E-state index in [4.69, 9.17) is 5.73 Å². The minimum Gasteiger partial charge on any atom is -0.357 e. The van der Waals surface area contributed by atoms with Crippen LogP contribution < -0.4 is 10.6 Å². The fraction of sp³-hybridized carbons (Fsp3) is 0.526. The van der Waals surface area contributed by atoms with Gasteiger partial charge in [-0.05, 0) is 44.4 Å². The number of hydrogen-bond donors (Lipinski definition) is 1. The van der Waals surface area contributed by atoms with E-state index in [0.29, 0.717) is 24.7 Å². The number of aromatic nitrogens is 2. The van der Waals surface area contributed by atoms with E-state index in [1.807, 2.05) is 35.5 Å². The standard InChI is InChI=1S/C19H27N5OS.2ClH/c1-2-23(19(25)16-14-26-18(22-16)6-9-20)13-15-7-11-24(12-8-15)17-5-3-4-10-21-17;;/h3-5,10,14-15H,2,6-9,11-13,20H2,1H3;2*1H. The van der Waals surface area contributed by atoms with Crippen LogP contribution in [-0.2, 0) is 6.42 Å². The normalized spacial score (nSPS) is 14.1. The van der Waals surface area contributed by atoms with Crippen molar-refractivity contribution in [3.05, 3.63) is 40.5 Å². The lowest BCUT2D eigenvalue weighted by Crippen LogP contribution is -2.41. The highest BCUT2D eigenvalue weighted by atomic mass is 35.5. The number of hydrogen-bond acceptors (Lipinski definition) is 6. The Balaban J connectivity index is 0.00000196. The number of halogens is 2. The van der Waals surface area contributed by atoms with Crippen molar-refractivity contribution >= 4 is 47.9 Å². The first kappa shape index (κ1) is 24.6. The van der Waals surface area contributed by atoms with Crippen LogP contribution in [0.25, 0.3) is 0 Å². The van der Waals surface area contributed by atoms with Crippen molar-refractivity contribution in [2.45, 2.75) is 26.2 Å². The molecule has 0 radical (unpaired) electrons. The second-order valence-corrected chi connectivity index (χ2v) is 7.57. The maximum absolute atomic E-state index is 12.8. The van der Waals surface area contributed by atoms with Gasteiger partial charge in [0.05, 0.1) is 5.01 Å². The molecule has 1 fully saturated rings. The summed E-state index contributed by atoms with van der Waals surface area (Å²) in [4.78, 5) is 25.9. The Bertz CT molecular complexity index is 707. The van der Waals surface area contributed by atoms with Crippen molar-refractivity contribution in [2.75, 3.05) is 37.6 Å². The van der Waals surface area contributed by atoms with E-state index in [1.54, 1.807) is 0 Å². The Kier molecular flexibility index (Phi) is 10.7. The molecule has 2 aromatic heterocycles. The third kappa shape index (κ3) is 6.30. The summed E-state index contributed by atoms with van der Waals surface area (Å²) in [5.41, 5.74) is 6.13. The third-order valence-corrected chi connectivity index (χ3v) is 5.77. The Hall–Kier alpha value is -1.41. The molecule has 1 aliphatic heterocycles. The van der Waals surface area contributed by atoms with Crippen LogP contribution in [0.4, 0.5) is 5.82 Å².